The predicted molar refractivity (Wildman–Crippen MR) is 51.6 cm³/mol. The Labute approximate surface area is 82.5 Å². The molecular formula is C10H13NO3. The third kappa shape index (κ3) is 3.05. The Hall–Kier alpha value is -1.58. The van der Waals surface area contributed by atoms with Gasteiger partial charge in [-0.1, -0.05) is 0 Å². The number of ether oxygens (including phenoxy) is 1. The molecule has 0 fully saturated rings. The number of carbonyl (C=O) groups is 1. The van der Waals surface area contributed by atoms with Gasteiger partial charge in [0.1, 0.15) is 17.0 Å². The third-order valence-corrected chi connectivity index (χ3v) is 1.38. The van der Waals surface area contributed by atoms with Gasteiger partial charge in [0.05, 0.1) is 6.20 Å². The van der Waals surface area contributed by atoms with Gasteiger partial charge in [-0.15, -0.1) is 0 Å². The largest absolute Gasteiger partial charge is 0.487 e. The van der Waals surface area contributed by atoms with Crippen LogP contribution in [0.3, 0.4) is 0 Å². The van der Waals surface area contributed by atoms with E-state index in [9.17, 15) is 4.79 Å². The molecule has 1 heterocycles. The van der Waals surface area contributed by atoms with Crippen molar-refractivity contribution in [3.05, 3.63) is 24.0 Å². The Balaban J connectivity index is 2.79. The van der Waals surface area contributed by atoms with Crippen LogP contribution in [0.25, 0.3) is 0 Å². The Bertz CT molecular complexity index is 324. The minimum absolute atomic E-state index is 0.0197. The zero-order chi connectivity index (χ0) is 10.8. The molecule has 0 aromatic carbocycles. The van der Waals surface area contributed by atoms with Crippen LogP contribution in [0.15, 0.2) is 18.3 Å². The van der Waals surface area contributed by atoms with Gasteiger partial charge in [-0.2, -0.15) is 0 Å². The maximum atomic E-state index is 10.5. The fourth-order valence-electron chi connectivity index (χ4n) is 0.921. The van der Waals surface area contributed by atoms with Gasteiger partial charge in [0.2, 0.25) is 0 Å². The summed E-state index contributed by atoms with van der Waals surface area (Å²) in [7, 11) is 0. The summed E-state index contributed by atoms with van der Waals surface area (Å²) in [6.45, 7) is 5.74. The first-order chi connectivity index (χ1) is 6.38. The Kier molecular flexibility index (Phi) is 2.74. The Morgan fingerprint density at radius 2 is 2.07 bits per heavy atom. The minimum Gasteiger partial charge on any atom is -0.487 e. The first-order valence-electron chi connectivity index (χ1n) is 4.27. The highest BCUT2D eigenvalue weighted by Crippen LogP contribution is 2.16. The van der Waals surface area contributed by atoms with E-state index in [4.69, 9.17) is 9.84 Å². The molecule has 0 spiro atoms. The first kappa shape index (κ1) is 10.5. The van der Waals surface area contributed by atoms with Crippen molar-refractivity contribution >= 4 is 5.97 Å². The fourth-order valence-corrected chi connectivity index (χ4v) is 0.921. The molecule has 0 aliphatic carbocycles. The molecule has 0 radical (unpaired) electrons. The Morgan fingerprint density at radius 1 is 1.43 bits per heavy atom. The number of nitrogens with zero attached hydrogens (tertiary/aromatic N) is 1. The summed E-state index contributed by atoms with van der Waals surface area (Å²) in [5.41, 5.74) is -0.280. The molecule has 0 bridgehead atoms. The average molecular weight is 195 g/mol. The lowest BCUT2D eigenvalue weighted by Gasteiger charge is -2.20. The molecular weight excluding hydrogens is 182 g/mol. The summed E-state index contributed by atoms with van der Waals surface area (Å²) in [6, 6.07) is 3.02. The molecule has 1 N–H and O–H groups in total. The average Bonchev–Trinajstić information content (AvgIpc) is 2.02. The van der Waals surface area contributed by atoms with Crippen LogP contribution in [0.4, 0.5) is 0 Å². The van der Waals surface area contributed by atoms with Crippen molar-refractivity contribution < 1.29 is 14.6 Å². The molecule has 0 aliphatic heterocycles. The number of aromatic carboxylic acids is 1. The molecule has 1 rings (SSSR count). The number of aromatic nitrogens is 1. The second kappa shape index (κ2) is 3.65. The molecule has 14 heavy (non-hydrogen) atoms. The van der Waals surface area contributed by atoms with Crippen molar-refractivity contribution in [3.63, 3.8) is 0 Å². The number of rotatable bonds is 2. The van der Waals surface area contributed by atoms with E-state index < -0.39 is 5.97 Å². The van der Waals surface area contributed by atoms with E-state index in [2.05, 4.69) is 4.98 Å². The van der Waals surface area contributed by atoms with Crippen molar-refractivity contribution in [1.82, 2.24) is 4.98 Å². The molecule has 0 atom stereocenters. The first-order valence-corrected chi connectivity index (χ1v) is 4.27. The number of hydrogen-bond donors (Lipinski definition) is 1. The van der Waals surface area contributed by atoms with Gasteiger partial charge in [0, 0.05) is 0 Å². The second-order valence-electron chi connectivity index (χ2n) is 3.90. The standard InChI is InChI=1S/C10H13NO3/c1-10(2,3)14-7-4-5-8(9(12)13)11-6-7/h4-6H,1-3H3,(H,12,13). The lowest BCUT2D eigenvalue weighted by molar-refractivity contribution is 0.0690. The summed E-state index contributed by atoms with van der Waals surface area (Å²) in [6.07, 6.45) is 1.41. The van der Waals surface area contributed by atoms with Crippen molar-refractivity contribution in [3.8, 4) is 5.75 Å². The Morgan fingerprint density at radius 3 is 2.43 bits per heavy atom. The normalized spacial score (nSPS) is 11.1. The maximum absolute atomic E-state index is 10.5. The number of hydrogen-bond acceptors (Lipinski definition) is 3. The highest BCUT2D eigenvalue weighted by molar-refractivity contribution is 5.85. The van der Waals surface area contributed by atoms with Gasteiger partial charge in [-0.3, -0.25) is 0 Å². The quantitative estimate of drug-likeness (QED) is 0.783. The van der Waals surface area contributed by atoms with Crippen molar-refractivity contribution in [2.45, 2.75) is 26.4 Å². The molecule has 0 unspecified atom stereocenters. The molecule has 0 saturated heterocycles. The van der Waals surface area contributed by atoms with Gasteiger partial charge < -0.3 is 9.84 Å². The minimum atomic E-state index is -1.03. The van der Waals surface area contributed by atoms with E-state index in [-0.39, 0.29) is 11.3 Å². The van der Waals surface area contributed by atoms with E-state index in [1.807, 2.05) is 20.8 Å². The van der Waals surface area contributed by atoms with Crippen molar-refractivity contribution in [2.75, 3.05) is 0 Å². The van der Waals surface area contributed by atoms with E-state index in [0.717, 1.165) is 0 Å². The lowest BCUT2D eigenvalue weighted by Crippen LogP contribution is -2.23. The molecule has 0 amide bonds. The van der Waals surface area contributed by atoms with Gasteiger partial charge in [0.15, 0.2) is 0 Å². The number of carboxylic acids is 1. The summed E-state index contributed by atoms with van der Waals surface area (Å²) in [5, 5.41) is 8.60. The molecule has 4 nitrogen and oxygen atoms in total. The molecule has 76 valence electrons. The summed E-state index contributed by atoms with van der Waals surface area (Å²) < 4.78 is 5.48. The highest BCUT2D eigenvalue weighted by Gasteiger charge is 2.12. The monoisotopic (exact) mass is 195 g/mol. The number of pyridine rings is 1. The molecule has 0 aliphatic rings. The smallest absolute Gasteiger partial charge is 0.354 e. The summed E-state index contributed by atoms with van der Waals surface area (Å²) in [4.78, 5) is 14.2. The van der Waals surface area contributed by atoms with Crippen LogP contribution in [0.2, 0.25) is 0 Å². The van der Waals surface area contributed by atoms with Crippen molar-refractivity contribution in [2.24, 2.45) is 0 Å². The zero-order valence-corrected chi connectivity index (χ0v) is 8.44. The SMILES string of the molecule is CC(C)(C)Oc1ccc(C(=O)O)nc1. The van der Waals surface area contributed by atoms with Crippen LogP contribution >= 0.6 is 0 Å². The number of carboxylic acid groups (broad SMARTS) is 1. The van der Waals surface area contributed by atoms with Crippen LogP contribution in [-0.2, 0) is 0 Å². The van der Waals surface area contributed by atoms with Crippen LogP contribution in [-0.4, -0.2) is 21.7 Å². The summed E-state index contributed by atoms with van der Waals surface area (Å²) in [5.74, 6) is -0.463. The predicted octanol–water partition coefficient (Wildman–Crippen LogP) is 1.96. The van der Waals surface area contributed by atoms with Crippen LogP contribution < -0.4 is 4.74 Å². The lowest BCUT2D eigenvalue weighted by atomic mass is 10.2. The van der Waals surface area contributed by atoms with E-state index in [1.54, 1.807) is 6.07 Å². The van der Waals surface area contributed by atoms with Crippen molar-refractivity contribution in [1.29, 1.82) is 0 Å². The summed E-state index contributed by atoms with van der Waals surface area (Å²) >= 11 is 0. The second-order valence-corrected chi connectivity index (χ2v) is 3.90. The van der Waals surface area contributed by atoms with Gasteiger partial charge in [-0.05, 0) is 32.9 Å². The van der Waals surface area contributed by atoms with E-state index >= 15 is 0 Å². The maximum Gasteiger partial charge on any atom is 0.354 e. The van der Waals surface area contributed by atoms with E-state index in [1.165, 1.54) is 12.3 Å². The third-order valence-electron chi connectivity index (χ3n) is 1.38. The highest BCUT2D eigenvalue weighted by atomic mass is 16.5. The molecule has 1 aromatic heterocycles. The molecule has 0 saturated carbocycles. The topological polar surface area (TPSA) is 59.4 Å². The molecule has 1 aromatic rings. The fraction of sp³-hybridized carbons (Fsp3) is 0.400. The zero-order valence-electron chi connectivity index (χ0n) is 8.44. The molecule has 4 heteroatoms. The van der Waals surface area contributed by atoms with Gasteiger partial charge >= 0.3 is 5.97 Å². The van der Waals surface area contributed by atoms with E-state index in [0.29, 0.717) is 5.75 Å². The van der Waals surface area contributed by atoms with Crippen LogP contribution in [0.5, 0.6) is 5.75 Å². The van der Waals surface area contributed by atoms with Gasteiger partial charge in [0.25, 0.3) is 0 Å². The van der Waals surface area contributed by atoms with Crippen LogP contribution in [0, 0.1) is 0 Å². The van der Waals surface area contributed by atoms with Crippen LogP contribution in [0.1, 0.15) is 31.3 Å². The van der Waals surface area contributed by atoms with Gasteiger partial charge in [-0.25, -0.2) is 9.78 Å².